The Bertz CT molecular complexity index is 1330. The zero-order valence-electron chi connectivity index (χ0n) is 18.1. The van der Waals surface area contributed by atoms with Gasteiger partial charge in [-0.1, -0.05) is 71.7 Å². The molecule has 0 radical (unpaired) electrons. The zero-order chi connectivity index (χ0) is 22.9. The molecule has 33 heavy (non-hydrogen) atoms. The maximum atomic E-state index is 13.0. The molecule has 1 atom stereocenters. The van der Waals surface area contributed by atoms with Crippen molar-refractivity contribution >= 4 is 45.7 Å². The van der Waals surface area contributed by atoms with E-state index in [-0.39, 0.29) is 11.9 Å². The first-order valence-electron chi connectivity index (χ1n) is 10.8. The number of hydrogen-bond donors (Lipinski definition) is 0. The minimum atomic E-state index is 0.0433. The normalized spacial score (nSPS) is 16.3. The summed E-state index contributed by atoms with van der Waals surface area (Å²) in [5.41, 5.74) is 2.35. The summed E-state index contributed by atoms with van der Waals surface area (Å²) in [4.78, 5) is 17.1. The summed E-state index contributed by atoms with van der Waals surface area (Å²) >= 11 is 12.3. The summed E-state index contributed by atoms with van der Waals surface area (Å²) in [5.74, 6) is 0.890. The Morgan fingerprint density at radius 3 is 2.33 bits per heavy atom. The molecule has 4 aromatic rings. The van der Waals surface area contributed by atoms with Gasteiger partial charge in [0, 0.05) is 47.6 Å². The number of rotatable bonds is 3. The molecule has 1 unspecified atom stereocenters. The van der Waals surface area contributed by atoms with Crippen molar-refractivity contribution in [2.24, 2.45) is 0 Å². The quantitative estimate of drug-likeness (QED) is 0.366. The van der Waals surface area contributed by atoms with Crippen LogP contribution in [-0.4, -0.2) is 46.7 Å². The molecule has 0 N–H and O–H groups in total. The van der Waals surface area contributed by atoms with Crippen molar-refractivity contribution in [3.8, 4) is 11.3 Å². The van der Waals surface area contributed by atoms with E-state index >= 15 is 0 Å². The average Bonchev–Trinajstić information content (AvgIpc) is 2.85. The molecule has 166 valence electrons. The Balaban J connectivity index is 1.45. The van der Waals surface area contributed by atoms with Crippen LogP contribution < -0.4 is 4.90 Å². The fourth-order valence-corrected chi connectivity index (χ4v) is 4.68. The Labute approximate surface area is 202 Å². The minimum absolute atomic E-state index is 0.0433. The molecule has 3 aromatic carbocycles. The summed E-state index contributed by atoms with van der Waals surface area (Å²) < 4.78 is 0. The van der Waals surface area contributed by atoms with E-state index in [9.17, 15) is 4.79 Å². The number of benzene rings is 3. The molecule has 0 bridgehead atoms. The van der Waals surface area contributed by atoms with E-state index in [0.29, 0.717) is 35.2 Å². The molecule has 7 heteroatoms. The number of carbonyl (C=O) groups excluding carboxylic acids is 1. The number of aromatic nitrogens is 2. The molecule has 1 amide bonds. The van der Waals surface area contributed by atoms with Crippen molar-refractivity contribution in [3.63, 3.8) is 0 Å². The second-order valence-electron chi connectivity index (χ2n) is 8.21. The number of carbonyl (C=O) groups is 1. The van der Waals surface area contributed by atoms with E-state index in [4.69, 9.17) is 23.2 Å². The lowest BCUT2D eigenvalue weighted by atomic mass is 10.0. The lowest BCUT2D eigenvalue weighted by molar-refractivity contribution is 0.0674. The maximum absolute atomic E-state index is 13.0. The van der Waals surface area contributed by atoms with Crippen molar-refractivity contribution in [1.82, 2.24) is 15.1 Å². The molecule has 5 rings (SSSR count). The number of amides is 1. The van der Waals surface area contributed by atoms with Gasteiger partial charge in [0.1, 0.15) is 5.69 Å². The summed E-state index contributed by atoms with van der Waals surface area (Å²) in [7, 11) is 0. The second-order valence-corrected chi connectivity index (χ2v) is 9.02. The first kappa shape index (κ1) is 21.7. The third-order valence-corrected chi connectivity index (χ3v) is 6.81. The minimum Gasteiger partial charge on any atom is -0.351 e. The molecule has 0 aliphatic carbocycles. The van der Waals surface area contributed by atoms with E-state index in [1.165, 1.54) is 0 Å². The molecule has 1 aliphatic heterocycles. The van der Waals surface area contributed by atoms with Crippen LogP contribution in [0.4, 0.5) is 5.82 Å². The van der Waals surface area contributed by atoms with Gasteiger partial charge in [0.05, 0.1) is 10.0 Å². The van der Waals surface area contributed by atoms with Gasteiger partial charge in [-0.3, -0.25) is 4.79 Å². The fourth-order valence-electron chi connectivity index (χ4n) is 4.38. The predicted molar refractivity (Wildman–Crippen MR) is 134 cm³/mol. The van der Waals surface area contributed by atoms with Crippen LogP contribution in [0.15, 0.2) is 72.8 Å². The van der Waals surface area contributed by atoms with Crippen LogP contribution in [-0.2, 0) is 0 Å². The van der Waals surface area contributed by atoms with E-state index < -0.39 is 0 Å². The summed E-state index contributed by atoms with van der Waals surface area (Å²) in [6.45, 7) is 4.07. The summed E-state index contributed by atoms with van der Waals surface area (Å²) in [5, 5.41) is 12.2. The van der Waals surface area contributed by atoms with E-state index in [1.807, 2.05) is 65.6 Å². The smallest absolute Gasteiger partial charge is 0.254 e. The molecule has 1 aliphatic rings. The van der Waals surface area contributed by atoms with Crippen LogP contribution in [0.2, 0.25) is 10.0 Å². The van der Waals surface area contributed by atoms with Gasteiger partial charge < -0.3 is 9.80 Å². The molecule has 1 aromatic heterocycles. The Morgan fingerprint density at radius 2 is 1.61 bits per heavy atom. The number of halogens is 2. The van der Waals surface area contributed by atoms with Crippen LogP contribution >= 0.6 is 23.2 Å². The number of piperazine rings is 1. The molecule has 0 saturated carbocycles. The van der Waals surface area contributed by atoms with Gasteiger partial charge in [-0.15, -0.1) is 10.2 Å². The first-order valence-corrected chi connectivity index (χ1v) is 11.6. The van der Waals surface area contributed by atoms with Gasteiger partial charge in [0.2, 0.25) is 0 Å². The standard InChI is InChI=1S/C26H22Cl2N4O/c1-17-16-31(13-14-32(17)26(33)18-7-3-2-4-8-18)25-21-10-6-5-9-20(21)24(29-30-25)19-11-12-22(27)23(28)15-19/h2-12,15,17H,13-14,16H2,1H3. The van der Waals surface area contributed by atoms with Gasteiger partial charge in [0.25, 0.3) is 5.91 Å². The molecular formula is C26H22Cl2N4O. The molecule has 0 spiro atoms. The van der Waals surface area contributed by atoms with Crippen LogP contribution in [0.3, 0.4) is 0 Å². The van der Waals surface area contributed by atoms with Crippen molar-refractivity contribution in [2.75, 3.05) is 24.5 Å². The fraction of sp³-hybridized carbons (Fsp3) is 0.192. The summed E-state index contributed by atoms with van der Waals surface area (Å²) in [6, 6.07) is 23.1. The summed E-state index contributed by atoms with van der Waals surface area (Å²) in [6.07, 6.45) is 0. The van der Waals surface area contributed by atoms with Gasteiger partial charge in [-0.2, -0.15) is 0 Å². The Morgan fingerprint density at radius 1 is 0.879 bits per heavy atom. The van der Waals surface area contributed by atoms with Crippen LogP contribution in [0, 0.1) is 0 Å². The SMILES string of the molecule is CC1CN(c2nnc(-c3ccc(Cl)c(Cl)c3)c3ccccc23)CCN1C(=O)c1ccccc1. The molecule has 1 saturated heterocycles. The van der Waals surface area contributed by atoms with Crippen molar-refractivity contribution in [2.45, 2.75) is 13.0 Å². The first-order chi connectivity index (χ1) is 16.0. The van der Waals surface area contributed by atoms with E-state index in [0.717, 1.165) is 27.8 Å². The van der Waals surface area contributed by atoms with Gasteiger partial charge >= 0.3 is 0 Å². The maximum Gasteiger partial charge on any atom is 0.254 e. The third kappa shape index (κ3) is 4.14. The van der Waals surface area contributed by atoms with Crippen molar-refractivity contribution in [3.05, 3.63) is 88.4 Å². The van der Waals surface area contributed by atoms with E-state index in [2.05, 4.69) is 28.1 Å². The largest absolute Gasteiger partial charge is 0.351 e. The zero-order valence-corrected chi connectivity index (χ0v) is 19.6. The topological polar surface area (TPSA) is 49.3 Å². The molecule has 5 nitrogen and oxygen atoms in total. The monoisotopic (exact) mass is 476 g/mol. The second kappa shape index (κ2) is 9.00. The van der Waals surface area contributed by atoms with Crippen molar-refractivity contribution in [1.29, 1.82) is 0 Å². The molecule has 1 fully saturated rings. The highest BCUT2D eigenvalue weighted by Gasteiger charge is 2.30. The number of hydrogen-bond acceptors (Lipinski definition) is 4. The van der Waals surface area contributed by atoms with E-state index in [1.54, 1.807) is 6.07 Å². The van der Waals surface area contributed by atoms with Crippen molar-refractivity contribution < 1.29 is 4.79 Å². The van der Waals surface area contributed by atoms with Gasteiger partial charge in [-0.05, 0) is 31.2 Å². The lowest BCUT2D eigenvalue weighted by Crippen LogP contribution is -2.54. The Hall–Kier alpha value is -3.15. The van der Waals surface area contributed by atoms with Crippen LogP contribution in [0.5, 0.6) is 0 Å². The molecule has 2 heterocycles. The highest BCUT2D eigenvalue weighted by atomic mass is 35.5. The highest BCUT2D eigenvalue weighted by molar-refractivity contribution is 6.42. The predicted octanol–water partition coefficient (Wildman–Crippen LogP) is 5.95. The van der Waals surface area contributed by atoms with Crippen LogP contribution in [0.1, 0.15) is 17.3 Å². The Kier molecular flexibility index (Phi) is 5.92. The number of nitrogens with zero attached hydrogens (tertiary/aromatic N) is 4. The van der Waals surface area contributed by atoms with Crippen LogP contribution in [0.25, 0.3) is 22.0 Å². The number of fused-ring (bicyclic) bond motifs is 1. The molecular weight excluding hydrogens is 455 g/mol. The lowest BCUT2D eigenvalue weighted by Gasteiger charge is -2.40. The average molecular weight is 477 g/mol. The number of anilines is 1. The third-order valence-electron chi connectivity index (χ3n) is 6.07. The van der Waals surface area contributed by atoms with Gasteiger partial charge in [0.15, 0.2) is 5.82 Å². The highest BCUT2D eigenvalue weighted by Crippen LogP contribution is 2.34. The van der Waals surface area contributed by atoms with Gasteiger partial charge in [-0.25, -0.2) is 0 Å².